The molecular weight excluding hydrogens is 186 g/mol. The number of nitriles is 1. The molecule has 0 unspecified atom stereocenters. The van der Waals surface area contributed by atoms with Crippen molar-refractivity contribution in [2.24, 2.45) is 0 Å². The van der Waals surface area contributed by atoms with E-state index in [1.165, 1.54) is 18.0 Å². The third kappa shape index (κ3) is 2.61. The van der Waals surface area contributed by atoms with E-state index in [1.807, 2.05) is 6.07 Å². The second-order valence-electron chi connectivity index (χ2n) is 2.31. The summed E-state index contributed by atoms with van der Waals surface area (Å²) in [6, 6.07) is 3.58. The van der Waals surface area contributed by atoms with Crippen LogP contribution in [0.4, 0.5) is 5.69 Å². The number of thioether (sulfide) groups is 1. The van der Waals surface area contributed by atoms with Crippen molar-refractivity contribution in [3.05, 3.63) is 17.8 Å². The molecule has 5 heteroatoms. The second-order valence-corrected chi connectivity index (χ2v) is 3.39. The molecule has 0 atom stereocenters. The van der Waals surface area contributed by atoms with Gasteiger partial charge in [-0.25, -0.2) is 4.98 Å². The van der Waals surface area contributed by atoms with Crippen molar-refractivity contribution in [2.45, 2.75) is 5.03 Å². The molecule has 0 amide bonds. The molecule has 1 heterocycles. The molecule has 0 aliphatic carbocycles. The average Bonchev–Trinajstić information content (AvgIpc) is 2.16. The molecule has 4 nitrogen and oxygen atoms in total. The molecule has 3 N–H and O–H groups in total. The van der Waals surface area contributed by atoms with E-state index < -0.39 is 0 Å². The van der Waals surface area contributed by atoms with Gasteiger partial charge in [-0.3, -0.25) is 0 Å². The summed E-state index contributed by atoms with van der Waals surface area (Å²) >= 11 is 1.34. The van der Waals surface area contributed by atoms with Gasteiger partial charge < -0.3 is 10.8 Å². The zero-order valence-electron chi connectivity index (χ0n) is 6.90. The monoisotopic (exact) mass is 195 g/mol. The molecule has 1 rings (SSSR count). The van der Waals surface area contributed by atoms with Crippen molar-refractivity contribution in [1.82, 2.24) is 4.98 Å². The summed E-state index contributed by atoms with van der Waals surface area (Å²) in [7, 11) is 0. The Balaban J connectivity index is 2.88. The molecule has 13 heavy (non-hydrogen) atoms. The van der Waals surface area contributed by atoms with Gasteiger partial charge in [-0.1, -0.05) is 0 Å². The lowest BCUT2D eigenvalue weighted by Gasteiger charge is -2.01. The lowest BCUT2D eigenvalue weighted by Crippen LogP contribution is -1.94. The Labute approximate surface area is 80.4 Å². The second kappa shape index (κ2) is 4.70. The number of nitrogens with two attached hydrogens (primary N) is 1. The Morgan fingerprint density at radius 1 is 1.69 bits per heavy atom. The lowest BCUT2D eigenvalue weighted by molar-refractivity contribution is 0.322. The molecule has 0 spiro atoms. The number of nitrogens with zero attached hydrogens (tertiary/aromatic N) is 2. The van der Waals surface area contributed by atoms with Gasteiger partial charge >= 0.3 is 0 Å². The molecule has 0 aromatic carbocycles. The van der Waals surface area contributed by atoms with Crippen LogP contribution < -0.4 is 5.73 Å². The molecule has 0 radical (unpaired) electrons. The summed E-state index contributed by atoms with van der Waals surface area (Å²) in [5.74, 6) is 0.533. The van der Waals surface area contributed by atoms with Gasteiger partial charge in [-0.05, 0) is 6.07 Å². The van der Waals surface area contributed by atoms with Gasteiger partial charge in [-0.15, -0.1) is 11.8 Å². The smallest absolute Gasteiger partial charge is 0.114 e. The maximum absolute atomic E-state index is 8.72. The fraction of sp³-hybridized carbons (Fsp3) is 0.250. The van der Waals surface area contributed by atoms with Crippen molar-refractivity contribution < 1.29 is 5.11 Å². The zero-order chi connectivity index (χ0) is 9.68. The van der Waals surface area contributed by atoms with E-state index in [-0.39, 0.29) is 6.61 Å². The van der Waals surface area contributed by atoms with Crippen LogP contribution in [0.2, 0.25) is 0 Å². The van der Waals surface area contributed by atoms with E-state index in [4.69, 9.17) is 16.1 Å². The van der Waals surface area contributed by atoms with Crippen LogP contribution in [-0.4, -0.2) is 22.5 Å². The molecule has 0 bridgehead atoms. The minimum absolute atomic E-state index is 0.0710. The number of hydrogen-bond donors (Lipinski definition) is 2. The minimum Gasteiger partial charge on any atom is -0.397 e. The summed E-state index contributed by atoms with van der Waals surface area (Å²) in [5.41, 5.74) is 6.39. The molecule has 0 saturated heterocycles. The molecule has 0 saturated carbocycles. The zero-order valence-corrected chi connectivity index (χ0v) is 7.71. The quantitative estimate of drug-likeness (QED) is 0.691. The van der Waals surface area contributed by atoms with Gasteiger partial charge in [0.05, 0.1) is 24.1 Å². The Morgan fingerprint density at radius 2 is 2.46 bits per heavy atom. The molecule has 0 aliphatic heterocycles. The van der Waals surface area contributed by atoms with Crippen molar-refractivity contribution in [2.75, 3.05) is 18.1 Å². The number of aromatic nitrogens is 1. The van der Waals surface area contributed by atoms with Crippen LogP contribution in [0, 0.1) is 11.3 Å². The number of aliphatic hydroxyl groups excluding tert-OH is 1. The maximum atomic E-state index is 8.72. The van der Waals surface area contributed by atoms with E-state index in [2.05, 4.69) is 4.98 Å². The van der Waals surface area contributed by atoms with Crippen LogP contribution in [-0.2, 0) is 0 Å². The van der Waals surface area contributed by atoms with Crippen LogP contribution in [0.15, 0.2) is 17.3 Å². The van der Waals surface area contributed by atoms with Gasteiger partial charge in [-0.2, -0.15) is 5.26 Å². The number of rotatable bonds is 3. The number of hydrogen-bond acceptors (Lipinski definition) is 5. The number of nitrogen functional groups attached to an aromatic ring is 1. The SMILES string of the molecule is N#Cc1cc(N)cnc1SCCO. The van der Waals surface area contributed by atoms with Crippen molar-refractivity contribution in [3.8, 4) is 6.07 Å². The lowest BCUT2D eigenvalue weighted by atomic mass is 10.3. The van der Waals surface area contributed by atoms with E-state index in [1.54, 1.807) is 6.07 Å². The highest BCUT2D eigenvalue weighted by Gasteiger charge is 2.03. The molecule has 1 aromatic rings. The third-order valence-electron chi connectivity index (χ3n) is 1.32. The third-order valence-corrected chi connectivity index (χ3v) is 2.31. The van der Waals surface area contributed by atoms with Gasteiger partial charge in [0.15, 0.2) is 0 Å². The molecular formula is C8H9N3OS. The summed E-state index contributed by atoms with van der Waals surface area (Å²) in [4.78, 5) is 3.99. The standard InChI is InChI=1S/C8H9N3OS/c9-4-6-3-7(10)5-11-8(6)13-2-1-12/h3,5,12H,1-2,10H2. The fourth-order valence-electron chi connectivity index (χ4n) is 0.806. The van der Waals surface area contributed by atoms with Gasteiger partial charge in [0.25, 0.3) is 0 Å². The first-order valence-corrected chi connectivity index (χ1v) is 4.65. The van der Waals surface area contributed by atoms with E-state index >= 15 is 0 Å². The maximum Gasteiger partial charge on any atom is 0.114 e. The van der Waals surface area contributed by atoms with Crippen molar-refractivity contribution in [1.29, 1.82) is 5.26 Å². The fourth-order valence-corrected chi connectivity index (χ4v) is 1.48. The molecule has 68 valence electrons. The first-order chi connectivity index (χ1) is 6.27. The summed E-state index contributed by atoms with van der Waals surface area (Å²) < 4.78 is 0. The normalized spacial score (nSPS) is 9.54. The predicted octanol–water partition coefficient (Wildman–Crippen LogP) is 0.620. The highest BCUT2D eigenvalue weighted by molar-refractivity contribution is 7.99. The summed E-state index contributed by atoms with van der Waals surface area (Å²) in [5, 5.41) is 17.9. The number of anilines is 1. The predicted molar refractivity (Wildman–Crippen MR) is 51.2 cm³/mol. The summed E-state index contributed by atoms with van der Waals surface area (Å²) in [6.07, 6.45) is 1.50. The van der Waals surface area contributed by atoms with Crippen LogP contribution in [0.5, 0.6) is 0 Å². The van der Waals surface area contributed by atoms with Gasteiger partial charge in [0, 0.05) is 5.75 Å². The molecule has 0 fully saturated rings. The van der Waals surface area contributed by atoms with E-state index in [0.29, 0.717) is 22.0 Å². The first-order valence-electron chi connectivity index (χ1n) is 3.67. The van der Waals surface area contributed by atoms with Crippen LogP contribution in [0.1, 0.15) is 5.56 Å². The summed E-state index contributed by atoms with van der Waals surface area (Å²) in [6.45, 7) is 0.0710. The number of pyridine rings is 1. The molecule has 1 aromatic heterocycles. The van der Waals surface area contributed by atoms with Crippen LogP contribution >= 0.6 is 11.8 Å². The Morgan fingerprint density at radius 3 is 3.08 bits per heavy atom. The topological polar surface area (TPSA) is 82.9 Å². The Kier molecular flexibility index (Phi) is 3.55. The van der Waals surface area contributed by atoms with E-state index in [9.17, 15) is 0 Å². The molecule has 0 aliphatic rings. The van der Waals surface area contributed by atoms with Crippen LogP contribution in [0.25, 0.3) is 0 Å². The first kappa shape index (κ1) is 9.84. The number of aliphatic hydroxyl groups is 1. The van der Waals surface area contributed by atoms with Crippen LogP contribution in [0.3, 0.4) is 0 Å². The van der Waals surface area contributed by atoms with E-state index in [0.717, 1.165) is 0 Å². The largest absolute Gasteiger partial charge is 0.397 e. The van der Waals surface area contributed by atoms with Gasteiger partial charge in [0.1, 0.15) is 11.1 Å². The van der Waals surface area contributed by atoms with Crippen molar-refractivity contribution in [3.63, 3.8) is 0 Å². The average molecular weight is 195 g/mol. The Bertz CT molecular complexity index is 335. The minimum atomic E-state index is 0.0710. The highest BCUT2D eigenvalue weighted by atomic mass is 32.2. The van der Waals surface area contributed by atoms with Gasteiger partial charge in [0.2, 0.25) is 0 Å². The Hall–Kier alpha value is -1.25. The highest BCUT2D eigenvalue weighted by Crippen LogP contribution is 2.20. The van der Waals surface area contributed by atoms with Crippen molar-refractivity contribution >= 4 is 17.4 Å².